The third-order valence-electron chi connectivity index (χ3n) is 2.95. The molecule has 1 aliphatic heterocycles. The van der Waals surface area contributed by atoms with Gasteiger partial charge in [0.25, 0.3) is 0 Å². The molecule has 0 bridgehead atoms. The molecule has 0 aromatic rings. The van der Waals surface area contributed by atoms with E-state index < -0.39 is 17.8 Å². The fourth-order valence-corrected chi connectivity index (χ4v) is 2.03. The molecule has 0 aromatic carbocycles. The van der Waals surface area contributed by atoms with Crippen molar-refractivity contribution >= 4 is 5.97 Å². The predicted octanol–water partition coefficient (Wildman–Crippen LogP) is 0.252. The lowest BCUT2D eigenvalue weighted by Gasteiger charge is -2.31. The molecule has 2 rings (SSSR count). The average Bonchev–Trinajstić information content (AvgIpc) is 2.67. The van der Waals surface area contributed by atoms with E-state index in [0.29, 0.717) is 32.5 Å². The maximum atomic E-state index is 10.7. The highest BCUT2D eigenvalue weighted by Gasteiger charge is 2.38. The molecule has 5 nitrogen and oxygen atoms in total. The van der Waals surface area contributed by atoms with E-state index in [2.05, 4.69) is 0 Å². The van der Waals surface area contributed by atoms with Crippen molar-refractivity contribution in [1.29, 1.82) is 0 Å². The van der Waals surface area contributed by atoms with Crippen molar-refractivity contribution in [2.75, 3.05) is 13.2 Å². The van der Waals surface area contributed by atoms with Gasteiger partial charge in [0.2, 0.25) is 0 Å². The molecular formula is C10H15NO4. The van der Waals surface area contributed by atoms with Crippen molar-refractivity contribution < 1.29 is 19.4 Å². The first-order valence-corrected chi connectivity index (χ1v) is 5.08. The van der Waals surface area contributed by atoms with Gasteiger partial charge in [0.15, 0.2) is 5.79 Å². The minimum Gasteiger partial charge on any atom is -0.480 e. The van der Waals surface area contributed by atoms with Gasteiger partial charge in [0, 0.05) is 12.8 Å². The molecule has 1 spiro atoms. The summed E-state index contributed by atoms with van der Waals surface area (Å²) in [7, 11) is 0. The van der Waals surface area contributed by atoms with Gasteiger partial charge >= 0.3 is 5.97 Å². The van der Waals surface area contributed by atoms with Gasteiger partial charge in [-0.3, -0.25) is 4.79 Å². The van der Waals surface area contributed by atoms with E-state index >= 15 is 0 Å². The SMILES string of the molecule is NC(C(=O)O)C1=CCC2(CC1)OCCO2. The Kier molecular flexibility index (Phi) is 2.77. The number of ether oxygens (including phenoxy) is 2. The number of carboxylic acids is 1. The summed E-state index contributed by atoms with van der Waals surface area (Å²) in [5, 5.41) is 8.76. The third-order valence-corrected chi connectivity index (χ3v) is 2.95. The van der Waals surface area contributed by atoms with Crippen LogP contribution in [0.3, 0.4) is 0 Å². The normalized spacial score (nSPS) is 26.3. The summed E-state index contributed by atoms with van der Waals surface area (Å²) in [6.45, 7) is 1.24. The van der Waals surface area contributed by atoms with Gasteiger partial charge in [0.05, 0.1) is 13.2 Å². The first kappa shape index (κ1) is 10.6. The molecule has 0 amide bonds. The van der Waals surface area contributed by atoms with Gasteiger partial charge in [-0.15, -0.1) is 0 Å². The van der Waals surface area contributed by atoms with Gasteiger partial charge in [-0.25, -0.2) is 0 Å². The summed E-state index contributed by atoms with van der Waals surface area (Å²) in [6.07, 6.45) is 3.77. The van der Waals surface area contributed by atoms with E-state index in [1.807, 2.05) is 6.08 Å². The van der Waals surface area contributed by atoms with Crippen LogP contribution in [0.2, 0.25) is 0 Å². The standard InChI is InChI=1S/C10H15NO4/c11-8(9(12)13)7-1-3-10(4-2-7)14-5-6-15-10/h1,8H,2-6,11H2,(H,12,13). The Labute approximate surface area is 87.8 Å². The number of hydrogen-bond donors (Lipinski definition) is 2. The van der Waals surface area contributed by atoms with Crippen LogP contribution in [0, 0.1) is 0 Å². The number of hydrogen-bond acceptors (Lipinski definition) is 4. The van der Waals surface area contributed by atoms with Gasteiger partial charge in [-0.1, -0.05) is 6.08 Å². The molecule has 1 saturated heterocycles. The van der Waals surface area contributed by atoms with Crippen LogP contribution in [0.25, 0.3) is 0 Å². The fourth-order valence-electron chi connectivity index (χ4n) is 2.03. The van der Waals surface area contributed by atoms with E-state index in [0.717, 1.165) is 5.57 Å². The minimum atomic E-state index is -0.981. The summed E-state index contributed by atoms with van der Waals surface area (Å²) in [5.41, 5.74) is 6.30. The Morgan fingerprint density at radius 2 is 2.20 bits per heavy atom. The largest absolute Gasteiger partial charge is 0.480 e. The van der Waals surface area contributed by atoms with Crippen molar-refractivity contribution in [3.8, 4) is 0 Å². The summed E-state index contributed by atoms with van der Waals surface area (Å²) < 4.78 is 11.0. The van der Waals surface area contributed by atoms with Gasteiger partial charge < -0.3 is 20.3 Å². The predicted molar refractivity (Wildman–Crippen MR) is 52.2 cm³/mol. The molecule has 15 heavy (non-hydrogen) atoms. The Morgan fingerprint density at radius 1 is 1.53 bits per heavy atom. The van der Waals surface area contributed by atoms with Crippen molar-refractivity contribution in [3.63, 3.8) is 0 Å². The van der Waals surface area contributed by atoms with Crippen LogP contribution >= 0.6 is 0 Å². The maximum Gasteiger partial charge on any atom is 0.324 e. The fraction of sp³-hybridized carbons (Fsp3) is 0.700. The van der Waals surface area contributed by atoms with Crippen LogP contribution in [-0.4, -0.2) is 36.1 Å². The highest BCUT2D eigenvalue weighted by molar-refractivity contribution is 5.77. The van der Waals surface area contributed by atoms with E-state index in [1.165, 1.54) is 0 Å². The first-order valence-electron chi connectivity index (χ1n) is 5.08. The second kappa shape index (κ2) is 3.92. The maximum absolute atomic E-state index is 10.7. The third kappa shape index (κ3) is 2.04. The molecule has 84 valence electrons. The van der Waals surface area contributed by atoms with Gasteiger partial charge in [-0.2, -0.15) is 0 Å². The number of aliphatic carboxylic acids is 1. The Balaban J connectivity index is 2.02. The topological polar surface area (TPSA) is 81.8 Å². The van der Waals surface area contributed by atoms with E-state index in [4.69, 9.17) is 20.3 Å². The molecule has 1 atom stereocenters. The average molecular weight is 213 g/mol. The molecule has 1 unspecified atom stereocenters. The Morgan fingerprint density at radius 3 is 2.67 bits per heavy atom. The highest BCUT2D eigenvalue weighted by Crippen LogP contribution is 2.35. The van der Waals surface area contributed by atoms with Crippen molar-refractivity contribution in [3.05, 3.63) is 11.6 Å². The van der Waals surface area contributed by atoms with E-state index in [9.17, 15) is 4.79 Å². The molecule has 0 aromatic heterocycles. The lowest BCUT2D eigenvalue weighted by molar-refractivity contribution is -0.162. The van der Waals surface area contributed by atoms with Crippen molar-refractivity contribution in [2.45, 2.75) is 31.1 Å². The van der Waals surface area contributed by atoms with Crippen LogP contribution < -0.4 is 5.73 Å². The minimum absolute atomic E-state index is 0.498. The lowest BCUT2D eigenvalue weighted by atomic mass is 9.90. The quantitative estimate of drug-likeness (QED) is 0.643. The molecule has 2 aliphatic rings. The first-order chi connectivity index (χ1) is 7.13. The van der Waals surface area contributed by atoms with Crippen LogP contribution in [0.5, 0.6) is 0 Å². The van der Waals surface area contributed by atoms with E-state index in [-0.39, 0.29) is 0 Å². The molecule has 1 fully saturated rings. The van der Waals surface area contributed by atoms with Gasteiger partial charge in [-0.05, 0) is 12.0 Å². The second-order valence-electron chi connectivity index (χ2n) is 3.91. The Bertz CT molecular complexity index is 294. The van der Waals surface area contributed by atoms with Crippen molar-refractivity contribution in [1.82, 2.24) is 0 Å². The van der Waals surface area contributed by atoms with Crippen LogP contribution in [0.15, 0.2) is 11.6 Å². The molecule has 5 heteroatoms. The number of carboxylic acid groups (broad SMARTS) is 1. The molecule has 3 N–H and O–H groups in total. The molecule has 0 saturated carbocycles. The summed E-state index contributed by atoms with van der Waals surface area (Å²) in [5.74, 6) is -1.48. The summed E-state index contributed by atoms with van der Waals surface area (Å²) in [6, 6.07) is -0.885. The number of nitrogens with two attached hydrogens (primary N) is 1. The molecule has 1 heterocycles. The number of carbonyl (C=O) groups is 1. The Hall–Kier alpha value is -0.910. The lowest BCUT2D eigenvalue weighted by Crippen LogP contribution is -2.38. The zero-order chi connectivity index (χ0) is 10.9. The van der Waals surface area contributed by atoms with E-state index in [1.54, 1.807) is 0 Å². The second-order valence-corrected chi connectivity index (χ2v) is 3.91. The zero-order valence-electron chi connectivity index (χ0n) is 8.44. The molecule has 1 aliphatic carbocycles. The number of rotatable bonds is 2. The summed E-state index contributed by atoms with van der Waals surface area (Å²) in [4.78, 5) is 10.7. The summed E-state index contributed by atoms with van der Waals surface area (Å²) >= 11 is 0. The van der Waals surface area contributed by atoms with Gasteiger partial charge in [0.1, 0.15) is 6.04 Å². The highest BCUT2D eigenvalue weighted by atomic mass is 16.7. The van der Waals surface area contributed by atoms with Crippen molar-refractivity contribution in [2.24, 2.45) is 5.73 Å². The van der Waals surface area contributed by atoms with Crippen LogP contribution in [0.4, 0.5) is 0 Å². The zero-order valence-corrected chi connectivity index (χ0v) is 8.44. The van der Waals surface area contributed by atoms with Crippen LogP contribution in [0.1, 0.15) is 19.3 Å². The smallest absolute Gasteiger partial charge is 0.324 e. The monoisotopic (exact) mass is 213 g/mol. The molecule has 0 radical (unpaired) electrons. The van der Waals surface area contributed by atoms with Crippen LogP contribution in [-0.2, 0) is 14.3 Å². The molecular weight excluding hydrogens is 198 g/mol.